The van der Waals surface area contributed by atoms with Gasteiger partial charge in [-0.3, -0.25) is 4.90 Å². The molecule has 1 aliphatic rings. The van der Waals surface area contributed by atoms with Gasteiger partial charge in [-0.05, 0) is 50.8 Å². The molecule has 1 amide bonds. The van der Waals surface area contributed by atoms with Crippen LogP contribution in [0, 0.1) is 5.92 Å². The molecule has 0 saturated carbocycles. The first-order valence-corrected chi connectivity index (χ1v) is 9.33. The molecule has 1 N–H and O–H groups in total. The van der Waals surface area contributed by atoms with Gasteiger partial charge in [0.1, 0.15) is 11.4 Å². The number of halogens is 1. The first kappa shape index (κ1) is 18.0. The number of hydrogen-bond acceptors (Lipinski definition) is 3. The Morgan fingerprint density at radius 1 is 1.32 bits per heavy atom. The molecule has 3 rings (SSSR count). The number of hydrogen-bond donors (Lipinski definition) is 1. The molecule has 1 saturated heterocycles. The van der Waals surface area contributed by atoms with Crippen LogP contribution in [0.25, 0.3) is 11.3 Å². The van der Waals surface area contributed by atoms with Crippen molar-refractivity contribution in [3.05, 3.63) is 40.8 Å². The van der Waals surface area contributed by atoms with Gasteiger partial charge in [0.05, 0.1) is 17.9 Å². The molecule has 1 fully saturated rings. The van der Waals surface area contributed by atoms with Crippen LogP contribution in [-0.4, -0.2) is 33.1 Å². The van der Waals surface area contributed by atoms with E-state index in [0.29, 0.717) is 12.5 Å². The fourth-order valence-electron chi connectivity index (χ4n) is 3.11. The van der Waals surface area contributed by atoms with Crippen molar-refractivity contribution in [1.29, 1.82) is 0 Å². The lowest BCUT2D eigenvalue weighted by Gasteiger charge is -2.27. The molecular weight excluding hydrogens is 382 g/mol. The van der Waals surface area contributed by atoms with Crippen molar-refractivity contribution in [1.82, 2.24) is 14.9 Å². The maximum Gasteiger partial charge on any atom is 0.410 e. The fraction of sp³-hybridized carbons (Fsp3) is 0.474. The topological polar surface area (TPSA) is 58.2 Å². The second kappa shape index (κ2) is 6.83. The molecule has 1 unspecified atom stereocenters. The standard InChI is InChI=1S/C19H24BrN3O2/c1-12-9-16(23(11-12)18(24)25-19(2,3)4)17-21-10-15(22-17)13-5-7-14(20)8-6-13/h5-8,10,12,16H,9,11H2,1-4H3,(H,21,22)/t12-,16?/m0/s1. The first-order chi connectivity index (χ1) is 11.7. The quantitative estimate of drug-likeness (QED) is 0.750. The summed E-state index contributed by atoms with van der Waals surface area (Å²) < 4.78 is 6.61. The van der Waals surface area contributed by atoms with Crippen molar-refractivity contribution in [3.8, 4) is 11.3 Å². The van der Waals surface area contributed by atoms with Gasteiger partial charge in [0.25, 0.3) is 0 Å². The summed E-state index contributed by atoms with van der Waals surface area (Å²) in [6.07, 6.45) is 2.44. The summed E-state index contributed by atoms with van der Waals surface area (Å²) in [6, 6.07) is 7.99. The van der Waals surface area contributed by atoms with Crippen LogP contribution in [-0.2, 0) is 4.74 Å². The summed E-state index contributed by atoms with van der Waals surface area (Å²) in [4.78, 5) is 22.3. The number of carbonyl (C=O) groups excluding carboxylic acids is 1. The molecule has 5 nitrogen and oxygen atoms in total. The van der Waals surface area contributed by atoms with E-state index in [9.17, 15) is 4.79 Å². The zero-order chi connectivity index (χ0) is 18.2. The molecule has 1 aliphatic heterocycles. The molecule has 0 aliphatic carbocycles. The molecule has 0 radical (unpaired) electrons. The molecule has 1 aromatic carbocycles. The average Bonchev–Trinajstić information content (AvgIpc) is 3.12. The molecule has 2 atom stereocenters. The fourth-order valence-corrected chi connectivity index (χ4v) is 3.37. The molecule has 1 aromatic heterocycles. The third-order valence-corrected chi connectivity index (χ3v) is 4.73. The first-order valence-electron chi connectivity index (χ1n) is 8.53. The number of nitrogens with one attached hydrogen (secondary N) is 1. The molecule has 134 valence electrons. The maximum absolute atomic E-state index is 12.6. The Balaban J connectivity index is 1.82. The largest absolute Gasteiger partial charge is 0.444 e. The summed E-state index contributed by atoms with van der Waals surface area (Å²) in [5.41, 5.74) is 1.52. The zero-order valence-electron chi connectivity index (χ0n) is 15.0. The second-order valence-electron chi connectivity index (χ2n) is 7.68. The summed E-state index contributed by atoms with van der Waals surface area (Å²) in [5, 5.41) is 0. The number of rotatable bonds is 2. The van der Waals surface area contributed by atoms with E-state index in [0.717, 1.165) is 28.0 Å². The van der Waals surface area contributed by atoms with Gasteiger partial charge in [0.15, 0.2) is 0 Å². The van der Waals surface area contributed by atoms with Crippen LogP contribution in [0.1, 0.15) is 46.0 Å². The van der Waals surface area contributed by atoms with E-state index in [1.165, 1.54) is 0 Å². The van der Waals surface area contributed by atoms with Crippen molar-refractivity contribution < 1.29 is 9.53 Å². The number of imidazole rings is 1. The molecule has 2 heterocycles. The Morgan fingerprint density at radius 3 is 2.64 bits per heavy atom. The van der Waals surface area contributed by atoms with E-state index < -0.39 is 5.60 Å². The average molecular weight is 406 g/mol. The van der Waals surface area contributed by atoms with Crippen molar-refractivity contribution in [2.45, 2.75) is 45.8 Å². The van der Waals surface area contributed by atoms with Crippen LogP contribution in [0.2, 0.25) is 0 Å². The normalized spacial score (nSPS) is 20.8. The second-order valence-corrected chi connectivity index (χ2v) is 8.59. The van der Waals surface area contributed by atoms with Crippen molar-refractivity contribution in [2.75, 3.05) is 6.54 Å². The molecule has 2 aromatic rings. The Morgan fingerprint density at radius 2 is 2.00 bits per heavy atom. The highest BCUT2D eigenvalue weighted by Crippen LogP contribution is 2.35. The number of aromatic nitrogens is 2. The monoisotopic (exact) mass is 405 g/mol. The van der Waals surface area contributed by atoms with E-state index in [4.69, 9.17) is 4.74 Å². The number of H-pyrrole nitrogens is 1. The number of carbonyl (C=O) groups is 1. The molecule has 6 heteroatoms. The minimum absolute atomic E-state index is 0.0750. The summed E-state index contributed by atoms with van der Waals surface area (Å²) in [5.74, 6) is 1.23. The van der Waals surface area contributed by atoms with E-state index in [-0.39, 0.29) is 12.1 Å². The highest BCUT2D eigenvalue weighted by Gasteiger charge is 2.38. The molecule has 25 heavy (non-hydrogen) atoms. The number of likely N-dealkylation sites (tertiary alicyclic amines) is 1. The highest BCUT2D eigenvalue weighted by molar-refractivity contribution is 9.10. The Hall–Kier alpha value is -1.82. The minimum Gasteiger partial charge on any atom is -0.444 e. The van der Waals surface area contributed by atoms with Gasteiger partial charge in [-0.1, -0.05) is 35.0 Å². The van der Waals surface area contributed by atoms with Crippen LogP contribution in [0.15, 0.2) is 34.9 Å². The summed E-state index contributed by atoms with van der Waals surface area (Å²) >= 11 is 3.45. The Kier molecular flexibility index (Phi) is 4.91. The van der Waals surface area contributed by atoms with Gasteiger partial charge < -0.3 is 9.72 Å². The van der Waals surface area contributed by atoms with Gasteiger partial charge in [-0.15, -0.1) is 0 Å². The third-order valence-electron chi connectivity index (χ3n) is 4.20. The minimum atomic E-state index is -0.501. The van der Waals surface area contributed by atoms with Crippen LogP contribution < -0.4 is 0 Å². The van der Waals surface area contributed by atoms with E-state index in [1.54, 1.807) is 4.90 Å². The number of amides is 1. The maximum atomic E-state index is 12.6. The van der Waals surface area contributed by atoms with Crippen LogP contribution in [0.5, 0.6) is 0 Å². The van der Waals surface area contributed by atoms with Gasteiger partial charge in [-0.2, -0.15) is 0 Å². The predicted molar refractivity (Wildman–Crippen MR) is 101 cm³/mol. The highest BCUT2D eigenvalue weighted by atomic mass is 79.9. The Bertz CT molecular complexity index is 749. The van der Waals surface area contributed by atoms with E-state index in [2.05, 4.69) is 32.8 Å². The lowest BCUT2D eigenvalue weighted by atomic mass is 10.1. The Labute approximate surface area is 156 Å². The van der Waals surface area contributed by atoms with Gasteiger partial charge in [0.2, 0.25) is 0 Å². The van der Waals surface area contributed by atoms with Crippen LogP contribution in [0.3, 0.4) is 0 Å². The number of ether oxygens (including phenoxy) is 1. The van der Waals surface area contributed by atoms with Crippen molar-refractivity contribution in [3.63, 3.8) is 0 Å². The van der Waals surface area contributed by atoms with Crippen molar-refractivity contribution >= 4 is 22.0 Å². The molecular formula is C19H24BrN3O2. The van der Waals surface area contributed by atoms with Crippen LogP contribution >= 0.6 is 15.9 Å². The van der Waals surface area contributed by atoms with Gasteiger partial charge >= 0.3 is 6.09 Å². The lowest BCUT2D eigenvalue weighted by molar-refractivity contribution is 0.0214. The molecule has 0 spiro atoms. The lowest BCUT2D eigenvalue weighted by Crippen LogP contribution is -2.37. The smallest absolute Gasteiger partial charge is 0.410 e. The van der Waals surface area contributed by atoms with E-state index >= 15 is 0 Å². The SMILES string of the molecule is C[C@H]1CC(c2ncc(-c3ccc(Br)cc3)[nH]2)N(C(=O)OC(C)(C)C)C1. The number of nitrogens with zero attached hydrogens (tertiary/aromatic N) is 2. The number of benzene rings is 1. The summed E-state index contributed by atoms with van der Waals surface area (Å²) in [6.45, 7) is 8.50. The predicted octanol–water partition coefficient (Wildman–Crippen LogP) is 5.16. The zero-order valence-corrected chi connectivity index (χ0v) is 16.6. The van der Waals surface area contributed by atoms with Crippen molar-refractivity contribution in [2.24, 2.45) is 5.92 Å². The van der Waals surface area contributed by atoms with Crippen LogP contribution in [0.4, 0.5) is 4.79 Å². The van der Waals surface area contributed by atoms with Gasteiger partial charge in [0, 0.05) is 11.0 Å². The van der Waals surface area contributed by atoms with Gasteiger partial charge in [-0.25, -0.2) is 9.78 Å². The number of aromatic amines is 1. The van der Waals surface area contributed by atoms with E-state index in [1.807, 2.05) is 51.2 Å². The molecule has 0 bridgehead atoms. The third kappa shape index (κ3) is 4.24. The summed E-state index contributed by atoms with van der Waals surface area (Å²) in [7, 11) is 0.